The lowest BCUT2D eigenvalue weighted by atomic mass is 10.4. The highest BCUT2D eigenvalue weighted by Gasteiger charge is 1.97. The second-order valence-electron chi connectivity index (χ2n) is 2.30. The first kappa shape index (κ1) is 9.32. The second kappa shape index (κ2) is 4.98. The van der Waals surface area contributed by atoms with E-state index in [2.05, 4.69) is 4.98 Å². The summed E-state index contributed by atoms with van der Waals surface area (Å²) in [7, 11) is 0. The molecular weight excluding hydrogens is 175 g/mol. The maximum absolute atomic E-state index is 11.7. The summed E-state index contributed by atoms with van der Waals surface area (Å²) in [6, 6.07) is 1.85. The number of nitrogens with zero attached hydrogens (tertiary/aromatic N) is 1. The minimum absolute atomic E-state index is 0.266. The topological polar surface area (TPSA) is 38.9 Å². The van der Waals surface area contributed by atoms with Crippen LogP contribution in [-0.2, 0) is 0 Å². The van der Waals surface area contributed by atoms with Crippen LogP contribution in [0.3, 0.4) is 0 Å². The summed E-state index contributed by atoms with van der Waals surface area (Å²) >= 11 is 1.57. The standard InChI is InChI=1S/C8H11FN2S/c9-3-1-5-12-8-2-4-11-6-7(8)10/h2,4,6H,1,3,5,10H2. The van der Waals surface area contributed by atoms with Crippen molar-refractivity contribution in [2.45, 2.75) is 11.3 Å². The van der Waals surface area contributed by atoms with Crippen LogP contribution >= 0.6 is 11.8 Å². The van der Waals surface area contributed by atoms with Crippen molar-refractivity contribution in [2.24, 2.45) is 0 Å². The number of aromatic nitrogens is 1. The van der Waals surface area contributed by atoms with Gasteiger partial charge in [-0.05, 0) is 12.5 Å². The van der Waals surface area contributed by atoms with Crippen LogP contribution in [0.4, 0.5) is 10.1 Å². The zero-order valence-electron chi connectivity index (χ0n) is 6.66. The molecule has 1 aromatic rings. The monoisotopic (exact) mass is 186 g/mol. The molecule has 0 atom stereocenters. The van der Waals surface area contributed by atoms with E-state index in [1.54, 1.807) is 24.2 Å². The smallest absolute Gasteiger partial charge is 0.0902 e. The molecular formula is C8H11FN2S. The lowest BCUT2D eigenvalue weighted by Crippen LogP contribution is -1.90. The van der Waals surface area contributed by atoms with Crippen LogP contribution in [0.5, 0.6) is 0 Å². The van der Waals surface area contributed by atoms with Crippen LogP contribution in [0.2, 0.25) is 0 Å². The van der Waals surface area contributed by atoms with Gasteiger partial charge in [-0.2, -0.15) is 0 Å². The summed E-state index contributed by atoms with van der Waals surface area (Å²) in [6.07, 6.45) is 3.87. The van der Waals surface area contributed by atoms with Crippen LogP contribution in [0.25, 0.3) is 0 Å². The molecule has 1 aromatic heterocycles. The fourth-order valence-corrected chi connectivity index (χ4v) is 1.61. The molecule has 1 heterocycles. The van der Waals surface area contributed by atoms with Gasteiger partial charge in [0.2, 0.25) is 0 Å². The summed E-state index contributed by atoms with van der Waals surface area (Å²) in [6.45, 7) is -0.266. The van der Waals surface area contributed by atoms with Crippen molar-refractivity contribution in [1.82, 2.24) is 4.98 Å². The molecule has 0 radical (unpaired) electrons. The molecule has 0 aromatic carbocycles. The molecule has 0 unspecified atom stereocenters. The Bertz CT molecular complexity index is 242. The SMILES string of the molecule is Nc1cnccc1SCCCF. The number of nitrogens with two attached hydrogens (primary N) is 1. The normalized spacial score (nSPS) is 10.1. The Morgan fingerprint density at radius 2 is 2.42 bits per heavy atom. The van der Waals surface area contributed by atoms with E-state index in [0.717, 1.165) is 10.6 Å². The maximum Gasteiger partial charge on any atom is 0.0902 e. The lowest BCUT2D eigenvalue weighted by Gasteiger charge is -2.01. The highest BCUT2D eigenvalue weighted by atomic mass is 32.2. The molecule has 0 aliphatic carbocycles. The van der Waals surface area contributed by atoms with Crippen molar-refractivity contribution in [3.05, 3.63) is 18.5 Å². The maximum atomic E-state index is 11.7. The van der Waals surface area contributed by atoms with Gasteiger partial charge in [-0.15, -0.1) is 11.8 Å². The van der Waals surface area contributed by atoms with Gasteiger partial charge >= 0.3 is 0 Å². The number of rotatable bonds is 4. The van der Waals surface area contributed by atoms with Gasteiger partial charge in [0.05, 0.1) is 18.6 Å². The van der Waals surface area contributed by atoms with E-state index in [4.69, 9.17) is 5.73 Å². The van der Waals surface area contributed by atoms with Gasteiger partial charge in [-0.3, -0.25) is 9.37 Å². The third kappa shape index (κ3) is 2.70. The summed E-state index contributed by atoms with van der Waals surface area (Å²) < 4.78 is 11.7. The summed E-state index contributed by atoms with van der Waals surface area (Å²) in [5.41, 5.74) is 6.29. The van der Waals surface area contributed by atoms with Gasteiger partial charge in [0.1, 0.15) is 0 Å². The number of hydrogen-bond donors (Lipinski definition) is 1. The molecule has 4 heteroatoms. The largest absolute Gasteiger partial charge is 0.397 e. The minimum atomic E-state index is -0.266. The van der Waals surface area contributed by atoms with Crippen molar-refractivity contribution in [2.75, 3.05) is 18.2 Å². The highest BCUT2D eigenvalue weighted by Crippen LogP contribution is 2.23. The minimum Gasteiger partial charge on any atom is -0.397 e. The number of nitrogen functional groups attached to an aromatic ring is 1. The van der Waals surface area contributed by atoms with Gasteiger partial charge < -0.3 is 5.73 Å². The fourth-order valence-electron chi connectivity index (χ4n) is 0.762. The fraction of sp³-hybridized carbons (Fsp3) is 0.375. The van der Waals surface area contributed by atoms with Crippen molar-refractivity contribution < 1.29 is 4.39 Å². The van der Waals surface area contributed by atoms with Crippen LogP contribution in [0, 0.1) is 0 Å². The van der Waals surface area contributed by atoms with E-state index >= 15 is 0 Å². The van der Waals surface area contributed by atoms with Crippen LogP contribution in [-0.4, -0.2) is 17.4 Å². The molecule has 0 aliphatic rings. The Balaban J connectivity index is 2.46. The van der Waals surface area contributed by atoms with Crippen molar-refractivity contribution >= 4 is 17.4 Å². The van der Waals surface area contributed by atoms with E-state index in [1.165, 1.54) is 0 Å². The van der Waals surface area contributed by atoms with Crippen LogP contribution in [0.15, 0.2) is 23.4 Å². The third-order valence-corrected chi connectivity index (χ3v) is 2.52. The lowest BCUT2D eigenvalue weighted by molar-refractivity contribution is 0.489. The molecule has 0 spiro atoms. The first-order chi connectivity index (χ1) is 5.84. The number of halogens is 1. The number of anilines is 1. The Morgan fingerprint density at radius 1 is 1.58 bits per heavy atom. The van der Waals surface area contributed by atoms with Gasteiger partial charge in [0, 0.05) is 16.8 Å². The number of thioether (sulfide) groups is 1. The van der Waals surface area contributed by atoms with Gasteiger partial charge in [-0.1, -0.05) is 0 Å². The van der Waals surface area contributed by atoms with Crippen molar-refractivity contribution in [3.63, 3.8) is 0 Å². The summed E-state index contributed by atoms with van der Waals surface area (Å²) in [5, 5.41) is 0. The molecule has 66 valence electrons. The molecule has 0 aliphatic heterocycles. The first-order valence-corrected chi connectivity index (χ1v) is 4.71. The number of pyridine rings is 1. The predicted molar refractivity (Wildman–Crippen MR) is 50.0 cm³/mol. The Hall–Kier alpha value is -0.770. The molecule has 12 heavy (non-hydrogen) atoms. The van der Waals surface area contributed by atoms with Crippen LogP contribution in [0.1, 0.15) is 6.42 Å². The first-order valence-electron chi connectivity index (χ1n) is 3.73. The molecule has 1 rings (SSSR count). The zero-order valence-corrected chi connectivity index (χ0v) is 7.48. The average molecular weight is 186 g/mol. The van der Waals surface area contributed by atoms with Gasteiger partial charge in [0.15, 0.2) is 0 Å². The third-order valence-electron chi connectivity index (χ3n) is 1.35. The zero-order chi connectivity index (χ0) is 8.81. The quantitative estimate of drug-likeness (QED) is 0.578. The Morgan fingerprint density at radius 3 is 3.08 bits per heavy atom. The molecule has 0 bridgehead atoms. The highest BCUT2D eigenvalue weighted by molar-refractivity contribution is 7.99. The van der Waals surface area contributed by atoms with E-state index in [0.29, 0.717) is 12.1 Å². The second-order valence-corrected chi connectivity index (χ2v) is 3.44. The Kier molecular flexibility index (Phi) is 3.87. The molecule has 2 nitrogen and oxygen atoms in total. The van der Waals surface area contributed by atoms with Crippen molar-refractivity contribution in [1.29, 1.82) is 0 Å². The number of alkyl halides is 1. The molecule has 0 saturated carbocycles. The van der Waals surface area contributed by atoms with E-state index in [-0.39, 0.29) is 6.67 Å². The number of hydrogen-bond acceptors (Lipinski definition) is 3. The van der Waals surface area contributed by atoms with Gasteiger partial charge in [0.25, 0.3) is 0 Å². The van der Waals surface area contributed by atoms with E-state index in [9.17, 15) is 4.39 Å². The summed E-state index contributed by atoms with van der Waals surface area (Å²) in [5.74, 6) is 0.769. The Labute approximate surface area is 75.4 Å². The molecule has 0 saturated heterocycles. The molecule has 2 N–H and O–H groups in total. The summed E-state index contributed by atoms with van der Waals surface area (Å²) in [4.78, 5) is 4.85. The predicted octanol–water partition coefficient (Wildman–Crippen LogP) is 2.12. The van der Waals surface area contributed by atoms with Gasteiger partial charge in [-0.25, -0.2) is 0 Å². The van der Waals surface area contributed by atoms with E-state index in [1.807, 2.05) is 6.07 Å². The molecule has 0 amide bonds. The molecule has 0 fully saturated rings. The van der Waals surface area contributed by atoms with Crippen molar-refractivity contribution in [3.8, 4) is 0 Å². The van der Waals surface area contributed by atoms with E-state index < -0.39 is 0 Å². The van der Waals surface area contributed by atoms with Crippen LogP contribution < -0.4 is 5.73 Å². The average Bonchev–Trinajstić information content (AvgIpc) is 2.09.